The van der Waals surface area contributed by atoms with Crippen molar-refractivity contribution in [2.45, 2.75) is 53.0 Å². The van der Waals surface area contributed by atoms with E-state index < -0.39 is 5.97 Å². The van der Waals surface area contributed by atoms with Crippen molar-refractivity contribution in [1.82, 2.24) is 10.6 Å². The minimum Gasteiger partial charge on any atom is -0.481 e. The summed E-state index contributed by atoms with van der Waals surface area (Å²) in [6.45, 7) is 8.65. The first kappa shape index (κ1) is 15.7. The molecule has 0 spiro atoms. The molecule has 5 nitrogen and oxygen atoms in total. The quantitative estimate of drug-likeness (QED) is 0.625. The molecular weight excluding hydrogens is 220 g/mol. The van der Waals surface area contributed by atoms with Gasteiger partial charge in [-0.15, -0.1) is 0 Å². The largest absolute Gasteiger partial charge is 0.481 e. The smallest absolute Gasteiger partial charge is 0.315 e. The third-order valence-corrected chi connectivity index (χ3v) is 2.75. The van der Waals surface area contributed by atoms with Crippen molar-refractivity contribution in [2.75, 3.05) is 6.54 Å². The summed E-state index contributed by atoms with van der Waals surface area (Å²) < 4.78 is 0. The Bertz CT molecular complexity index is 259. The highest BCUT2D eigenvalue weighted by molar-refractivity contribution is 5.74. The van der Waals surface area contributed by atoms with Gasteiger partial charge in [-0.25, -0.2) is 4.79 Å². The number of carbonyl (C=O) groups is 2. The number of carbonyl (C=O) groups excluding carboxylic acids is 1. The summed E-state index contributed by atoms with van der Waals surface area (Å²) in [6.07, 6.45) is 1.43. The Labute approximate surface area is 103 Å². The summed E-state index contributed by atoms with van der Waals surface area (Å²) in [6, 6.07) is -0.107. The zero-order valence-electron chi connectivity index (χ0n) is 11.2. The molecule has 0 bridgehead atoms. The Morgan fingerprint density at radius 1 is 1.24 bits per heavy atom. The SMILES string of the molecule is CC(NC(=O)NCCCCC(=O)O)C(C)(C)C. The highest BCUT2D eigenvalue weighted by Crippen LogP contribution is 2.18. The van der Waals surface area contributed by atoms with Gasteiger partial charge in [-0.3, -0.25) is 4.79 Å². The van der Waals surface area contributed by atoms with Crippen LogP contribution in [-0.4, -0.2) is 29.7 Å². The van der Waals surface area contributed by atoms with Crippen LogP contribution in [0.3, 0.4) is 0 Å². The number of rotatable bonds is 6. The van der Waals surface area contributed by atoms with E-state index in [1.807, 2.05) is 6.92 Å². The van der Waals surface area contributed by atoms with E-state index in [9.17, 15) is 9.59 Å². The molecule has 0 aromatic heterocycles. The molecule has 5 heteroatoms. The lowest BCUT2D eigenvalue weighted by Crippen LogP contribution is -2.46. The molecule has 0 fully saturated rings. The zero-order chi connectivity index (χ0) is 13.5. The molecule has 2 amide bonds. The summed E-state index contributed by atoms with van der Waals surface area (Å²) in [4.78, 5) is 21.7. The van der Waals surface area contributed by atoms with Crippen LogP contribution in [-0.2, 0) is 4.79 Å². The second kappa shape index (κ2) is 7.14. The van der Waals surface area contributed by atoms with Gasteiger partial charge in [0.25, 0.3) is 0 Å². The van der Waals surface area contributed by atoms with Gasteiger partial charge in [0.2, 0.25) is 0 Å². The summed E-state index contributed by atoms with van der Waals surface area (Å²) in [5.41, 5.74) is 0.0284. The lowest BCUT2D eigenvalue weighted by atomic mass is 9.88. The first-order valence-corrected chi connectivity index (χ1v) is 5.99. The standard InChI is InChI=1S/C12H24N2O3/c1-9(12(2,3)4)14-11(17)13-8-6-5-7-10(15)16/h9H,5-8H2,1-4H3,(H,15,16)(H2,13,14,17). The fourth-order valence-electron chi connectivity index (χ4n) is 1.07. The molecule has 0 heterocycles. The van der Waals surface area contributed by atoms with E-state index in [2.05, 4.69) is 31.4 Å². The average Bonchev–Trinajstić information content (AvgIpc) is 2.15. The van der Waals surface area contributed by atoms with Crippen LogP contribution in [0.15, 0.2) is 0 Å². The minimum absolute atomic E-state index is 0.0284. The number of nitrogens with one attached hydrogen (secondary N) is 2. The molecule has 0 aliphatic heterocycles. The van der Waals surface area contributed by atoms with E-state index in [4.69, 9.17) is 5.11 Å². The van der Waals surface area contributed by atoms with E-state index in [1.54, 1.807) is 0 Å². The maximum Gasteiger partial charge on any atom is 0.315 e. The van der Waals surface area contributed by atoms with Crippen LogP contribution in [0.2, 0.25) is 0 Å². The number of aliphatic carboxylic acids is 1. The molecule has 0 saturated heterocycles. The van der Waals surface area contributed by atoms with Gasteiger partial charge < -0.3 is 15.7 Å². The Hall–Kier alpha value is -1.26. The molecule has 0 saturated carbocycles. The third kappa shape index (κ3) is 8.54. The second-order valence-electron chi connectivity index (χ2n) is 5.34. The van der Waals surface area contributed by atoms with Crippen molar-refractivity contribution in [2.24, 2.45) is 5.41 Å². The molecule has 0 radical (unpaired) electrons. The van der Waals surface area contributed by atoms with Crippen LogP contribution in [0.4, 0.5) is 4.79 Å². The highest BCUT2D eigenvalue weighted by Gasteiger charge is 2.21. The number of hydrogen-bond donors (Lipinski definition) is 3. The van der Waals surface area contributed by atoms with Crippen molar-refractivity contribution >= 4 is 12.0 Å². The molecule has 0 aliphatic rings. The van der Waals surface area contributed by atoms with Crippen LogP contribution in [0.1, 0.15) is 47.0 Å². The molecule has 3 N–H and O–H groups in total. The lowest BCUT2D eigenvalue weighted by molar-refractivity contribution is -0.137. The van der Waals surface area contributed by atoms with Crippen LogP contribution < -0.4 is 10.6 Å². The molecule has 0 aromatic rings. The number of carboxylic acids is 1. The summed E-state index contributed by atoms with van der Waals surface area (Å²) in [5.74, 6) is -0.796. The first-order valence-electron chi connectivity index (χ1n) is 5.99. The topological polar surface area (TPSA) is 78.4 Å². The highest BCUT2D eigenvalue weighted by atomic mass is 16.4. The molecule has 0 aliphatic carbocycles. The van der Waals surface area contributed by atoms with Crippen LogP contribution in [0.25, 0.3) is 0 Å². The van der Waals surface area contributed by atoms with Crippen molar-refractivity contribution in [3.05, 3.63) is 0 Å². The van der Waals surface area contributed by atoms with Crippen molar-refractivity contribution in [3.8, 4) is 0 Å². The fourth-order valence-corrected chi connectivity index (χ4v) is 1.07. The lowest BCUT2D eigenvalue weighted by Gasteiger charge is -2.28. The summed E-state index contributed by atoms with van der Waals surface area (Å²) in [7, 11) is 0. The normalized spacial score (nSPS) is 12.9. The van der Waals surface area contributed by atoms with Gasteiger partial charge in [-0.05, 0) is 25.2 Å². The summed E-state index contributed by atoms with van der Waals surface area (Å²) in [5, 5.41) is 14.0. The van der Waals surface area contributed by atoms with Gasteiger partial charge in [0.05, 0.1) is 0 Å². The van der Waals surface area contributed by atoms with Crippen LogP contribution >= 0.6 is 0 Å². The summed E-state index contributed by atoms with van der Waals surface area (Å²) >= 11 is 0. The first-order chi connectivity index (χ1) is 7.73. The van der Waals surface area contributed by atoms with E-state index in [1.165, 1.54) is 0 Å². The van der Waals surface area contributed by atoms with Gasteiger partial charge >= 0.3 is 12.0 Å². The van der Waals surface area contributed by atoms with Crippen LogP contribution in [0.5, 0.6) is 0 Å². The number of unbranched alkanes of at least 4 members (excludes halogenated alkanes) is 1. The maximum atomic E-state index is 11.5. The van der Waals surface area contributed by atoms with Crippen LogP contribution in [0, 0.1) is 5.41 Å². The second-order valence-corrected chi connectivity index (χ2v) is 5.34. The molecule has 1 unspecified atom stereocenters. The number of hydrogen-bond acceptors (Lipinski definition) is 2. The Kier molecular flexibility index (Phi) is 6.61. The van der Waals surface area contributed by atoms with Gasteiger partial charge in [0.1, 0.15) is 0 Å². The Morgan fingerprint density at radius 2 is 1.82 bits per heavy atom. The monoisotopic (exact) mass is 244 g/mol. The fraction of sp³-hybridized carbons (Fsp3) is 0.833. The van der Waals surface area contributed by atoms with E-state index >= 15 is 0 Å². The van der Waals surface area contributed by atoms with E-state index in [0.29, 0.717) is 19.4 Å². The predicted octanol–water partition coefficient (Wildman–Crippen LogP) is 1.98. The average molecular weight is 244 g/mol. The van der Waals surface area contributed by atoms with Crippen molar-refractivity contribution in [3.63, 3.8) is 0 Å². The number of amides is 2. The predicted molar refractivity (Wildman–Crippen MR) is 66.9 cm³/mol. The zero-order valence-corrected chi connectivity index (χ0v) is 11.2. The van der Waals surface area contributed by atoms with Gasteiger partial charge in [0.15, 0.2) is 0 Å². The molecular formula is C12H24N2O3. The molecule has 1 atom stereocenters. The van der Waals surface area contributed by atoms with Gasteiger partial charge in [0, 0.05) is 19.0 Å². The van der Waals surface area contributed by atoms with Gasteiger partial charge in [-0.1, -0.05) is 20.8 Å². The molecule has 0 aromatic carbocycles. The van der Waals surface area contributed by atoms with E-state index in [0.717, 1.165) is 0 Å². The Balaban J connectivity index is 3.64. The molecule has 17 heavy (non-hydrogen) atoms. The van der Waals surface area contributed by atoms with Crippen molar-refractivity contribution < 1.29 is 14.7 Å². The van der Waals surface area contributed by atoms with Gasteiger partial charge in [-0.2, -0.15) is 0 Å². The Morgan fingerprint density at radius 3 is 2.29 bits per heavy atom. The van der Waals surface area contributed by atoms with E-state index in [-0.39, 0.29) is 23.9 Å². The maximum absolute atomic E-state index is 11.5. The number of carboxylic acid groups (broad SMARTS) is 1. The third-order valence-electron chi connectivity index (χ3n) is 2.75. The van der Waals surface area contributed by atoms with Crippen molar-refractivity contribution in [1.29, 1.82) is 0 Å². The molecule has 0 rings (SSSR count). The number of urea groups is 1. The minimum atomic E-state index is -0.796. The molecule has 100 valence electrons.